The van der Waals surface area contributed by atoms with E-state index in [-0.39, 0.29) is 11.9 Å². The molecule has 3 aromatic rings. The zero-order valence-corrected chi connectivity index (χ0v) is 14.8. The van der Waals surface area contributed by atoms with Gasteiger partial charge in [-0.3, -0.25) is 4.90 Å². The lowest BCUT2D eigenvalue weighted by Crippen LogP contribution is -2.33. The summed E-state index contributed by atoms with van der Waals surface area (Å²) in [6.07, 6.45) is 0.532. The maximum absolute atomic E-state index is 13.2. The largest absolute Gasteiger partial charge is 0.379 e. The Morgan fingerprint density at radius 3 is 2.73 bits per heavy atom. The van der Waals surface area contributed by atoms with Crippen molar-refractivity contribution < 1.29 is 9.50 Å². The molecule has 1 saturated heterocycles. The minimum atomic E-state index is -0.431. The summed E-state index contributed by atoms with van der Waals surface area (Å²) in [7, 11) is 0. The van der Waals surface area contributed by atoms with Crippen molar-refractivity contribution in [3.05, 3.63) is 59.9 Å². The van der Waals surface area contributed by atoms with Gasteiger partial charge in [0.15, 0.2) is 0 Å². The van der Waals surface area contributed by atoms with E-state index in [2.05, 4.69) is 9.88 Å². The Bertz CT molecular complexity index is 890. The molecule has 1 aliphatic heterocycles. The zero-order chi connectivity index (χ0) is 18.1. The third-order valence-electron chi connectivity index (χ3n) is 4.99. The number of aliphatic hydroxyl groups excluding tert-OH is 1. The average molecular weight is 354 g/mol. The lowest BCUT2D eigenvalue weighted by atomic mass is 10.2. The van der Waals surface area contributed by atoms with Gasteiger partial charge >= 0.3 is 0 Å². The highest BCUT2D eigenvalue weighted by Crippen LogP contribution is 2.24. The number of rotatable bonds is 5. The molecular formula is C20H23FN4O. The molecule has 1 aliphatic rings. The maximum Gasteiger partial charge on any atom is 0.204 e. The number of likely N-dealkylation sites (tertiary alicyclic amines) is 1. The van der Waals surface area contributed by atoms with E-state index < -0.39 is 6.23 Å². The molecule has 0 bridgehead atoms. The molecule has 0 radical (unpaired) electrons. The zero-order valence-electron chi connectivity index (χ0n) is 14.8. The summed E-state index contributed by atoms with van der Waals surface area (Å²) in [5, 5.41) is 13.3. The highest BCUT2D eigenvalue weighted by molar-refractivity contribution is 5.78. The average Bonchev–Trinajstić information content (AvgIpc) is 3.23. The SMILES string of the molecule is CC(O)N1CCC(Nc2nc3ccccc3n2Cc2ccc(F)cc2)C1. The van der Waals surface area contributed by atoms with E-state index in [4.69, 9.17) is 4.98 Å². The topological polar surface area (TPSA) is 53.3 Å². The Hall–Kier alpha value is -2.44. The van der Waals surface area contributed by atoms with Crippen LogP contribution >= 0.6 is 0 Å². The number of halogens is 1. The van der Waals surface area contributed by atoms with E-state index in [0.717, 1.165) is 42.1 Å². The molecule has 136 valence electrons. The Morgan fingerprint density at radius 1 is 1.23 bits per heavy atom. The molecule has 26 heavy (non-hydrogen) atoms. The number of hydrogen-bond acceptors (Lipinski definition) is 4. The van der Waals surface area contributed by atoms with E-state index in [9.17, 15) is 9.50 Å². The third kappa shape index (κ3) is 3.43. The number of aromatic nitrogens is 2. The minimum Gasteiger partial charge on any atom is -0.379 e. The molecule has 0 spiro atoms. The third-order valence-corrected chi connectivity index (χ3v) is 4.99. The van der Waals surface area contributed by atoms with Crippen molar-refractivity contribution in [3.8, 4) is 0 Å². The number of para-hydroxylation sites is 2. The van der Waals surface area contributed by atoms with Crippen LogP contribution in [-0.4, -0.2) is 44.9 Å². The molecular weight excluding hydrogens is 331 g/mol. The molecule has 5 nitrogen and oxygen atoms in total. The Morgan fingerprint density at radius 2 is 2.00 bits per heavy atom. The lowest BCUT2D eigenvalue weighted by Gasteiger charge is -2.20. The summed E-state index contributed by atoms with van der Waals surface area (Å²) >= 11 is 0. The van der Waals surface area contributed by atoms with Gasteiger partial charge in [-0.25, -0.2) is 9.37 Å². The Kier molecular flexibility index (Phi) is 4.61. The smallest absolute Gasteiger partial charge is 0.204 e. The standard InChI is InChI=1S/C20H23FN4O/c1-14(26)24-11-10-17(13-24)22-20-23-18-4-2-3-5-19(18)25(20)12-15-6-8-16(21)9-7-15/h2-9,14,17,26H,10-13H2,1H3,(H,22,23). The van der Waals surface area contributed by atoms with Crippen LogP contribution in [0.3, 0.4) is 0 Å². The van der Waals surface area contributed by atoms with Crippen LogP contribution in [0.4, 0.5) is 10.3 Å². The molecule has 2 aromatic carbocycles. The summed E-state index contributed by atoms with van der Waals surface area (Å²) in [5.41, 5.74) is 3.00. The Balaban J connectivity index is 1.62. The molecule has 1 fully saturated rings. The van der Waals surface area contributed by atoms with Crippen LogP contribution in [0.1, 0.15) is 18.9 Å². The second kappa shape index (κ2) is 7.05. The molecule has 2 heterocycles. The first-order valence-electron chi connectivity index (χ1n) is 8.98. The van der Waals surface area contributed by atoms with Crippen molar-refractivity contribution in [2.45, 2.75) is 32.2 Å². The predicted molar refractivity (Wildman–Crippen MR) is 101 cm³/mol. The molecule has 1 aromatic heterocycles. The van der Waals surface area contributed by atoms with Gasteiger partial charge < -0.3 is 15.0 Å². The minimum absolute atomic E-state index is 0.230. The fourth-order valence-electron chi connectivity index (χ4n) is 3.55. The second-order valence-corrected chi connectivity index (χ2v) is 6.89. The van der Waals surface area contributed by atoms with Crippen molar-refractivity contribution in [2.24, 2.45) is 0 Å². The van der Waals surface area contributed by atoms with Crippen LogP contribution in [-0.2, 0) is 6.54 Å². The lowest BCUT2D eigenvalue weighted by molar-refractivity contribution is 0.0363. The van der Waals surface area contributed by atoms with Gasteiger partial charge in [0, 0.05) is 19.1 Å². The second-order valence-electron chi connectivity index (χ2n) is 6.89. The molecule has 2 unspecified atom stereocenters. The van der Waals surface area contributed by atoms with Crippen molar-refractivity contribution >= 4 is 17.0 Å². The summed E-state index contributed by atoms with van der Waals surface area (Å²) < 4.78 is 15.3. The highest BCUT2D eigenvalue weighted by atomic mass is 19.1. The molecule has 2 N–H and O–H groups in total. The number of hydrogen-bond donors (Lipinski definition) is 2. The summed E-state index contributed by atoms with van der Waals surface area (Å²) in [4.78, 5) is 6.80. The molecule has 0 aliphatic carbocycles. The van der Waals surface area contributed by atoms with Crippen molar-refractivity contribution in [2.75, 3.05) is 18.4 Å². The monoisotopic (exact) mass is 354 g/mol. The number of fused-ring (bicyclic) bond motifs is 1. The number of nitrogens with one attached hydrogen (secondary N) is 1. The van der Waals surface area contributed by atoms with Crippen LogP contribution in [0.5, 0.6) is 0 Å². The first-order valence-corrected chi connectivity index (χ1v) is 8.98. The van der Waals surface area contributed by atoms with Gasteiger partial charge in [-0.15, -0.1) is 0 Å². The van der Waals surface area contributed by atoms with E-state index in [1.54, 1.807) is 19.1 Å². The van der Waals surface area contributed by atoms with E-state index in [1.807, 2.05) is 29.2 Å². The van der Waals surface area contributed by atoms with E-state index >= 15 is 0 Å². The predicted octanol–water partition coefficient (Wildman–Crippen LogP) is 3.05. The quantitative estimate of drug-likeness (QED) is 0.739. The van der Waals surface area contributed by atoms with Crippen LogP contribution in [0.25, 0.3) is 11.0 Å². The first-order chi connectivity index (χ1) is 12.6. The first kappa shape index (κ1) is 17.0. The van der Waals surface area contributed by atoms with Gasteiger partial charge in [0.05, 0.1) is 17.6 Å². The fraction of sp³-hybridized carbons (Fsp3) is 0.350. The maximum atomic E-state index is 13.2. The molecule has 0 saturated carbocycles. The van der Waals surface area contributed by atoms with Crippen LogP contribution < -0.4 is 5.32 Å². The number of nitrogens with zero attached hydrogens (tertiary/aromatic N) is 3. The van der Waals surface area contributed by atoms with E-state index in [1.165, 1.54) is 12.1 Å². The van der Waals surface area contributed by atoms with Gasteiger partial charge in [-0.2, -0.15) is 0 Å². The van der Waals surface area contributed by atoms with Gasteiger partial charge in [-0.1, -0.05) is 24.3 Å². The van der Waals surface area contributed by atoms with E-state index in [0.29, 0.717) is 6.54 Å². The number of aliphatic hydroxyl groups is 1. The van der Waals surface area contributed by atoms with Crippen LogP contribution in [0.15, 0.2) is 48.5 Å². The van der Waals surface area contributed by atoms with Crippen LogP contribution in [0, 0.1) is 5.82 Å². The Labute approximate surface area is 152 Å². The molecule has 6 heteroatoms. The van der Waals surface area contributed by atoms with Crippen molar-refractivity contribution in [3.63, 3.8) is 0 Å². The summed E-state index contributed by atoms with van der Waals surface area (Å²) in [6, 6.07) is 14.8. The summed E-state index contributed by atoms with van der Waals surface area (Å²) in [6.45, 7) is 4.08. The van der Waals surface area contributed by atoms with Gasteiger partial charge in [0.1, 0.15) is 12.0 Å². The highest BCUT2D eigenvalue weighted by Gasteiger charge is 2.26. The van der Waals surface area contributed by atoms with Gasteiger partial charge in [0.25, 0.3) is 0 Å². The van der Waals surface area contributed by atoms with Crippen LogP contribution in [0.2, 0.25) is 0 Å². The molecule has 4 rings (SSSR count). The number of benzene rings is 2. The fourth-order valence-corrected chi connectivity index (χ4v) is 3.55. The molecule has 0 amide bonds. The number of imidazole rings is 1. The summed E-state index contributed by atoms with van der Waals surface area (Å²) in [5.74, 6) is 0.583. The van der Waals surface area contributed by atoms with Crippen molar-refractivity contribution in [1.82, 2.24) is 14.5 Å². The van der Waals surface area contributed by atoms with Crippen molar-refractivity contribution in [1.29, 1.82) is 0 Å². The van der Waals surface area contributed by atoms with Gasteiger partial charge in [0.2, 0.25) is 5.95 Å². The molecule has 2 atom stereocenters. The van der Waals surface area contributed by atoms with Gasteiger partial charge in [-0.05, 0) is 43.2 Å². The number of anilines is 1. The normalized spacial score (nSPS) is 19.1.